The molecule has 0 N–H and O–H groups in total. The van der Waals surface area contributed by atoms with Crippen LogP contribution in [0.4, 0.5) is 0 Å². The monoisotopic (exact) mass is 386 g/mol. The van der Waals surface area contributed by atoms with Crippen LogP contribution < -0.4 is 4.74 Å². The fraction of sp³-hybridized carbons (Fsp3) is 0. The zero-order chi connectivity index (χ0) is 19.3. The lowest BCUT2D eigenvalue weighted by Crippen LogP contribution is -1.95. The largest absolute Gasteiger partial charge is 0.437 e. The van der Waals surface area contributed by atoms with Gasteiger partial charge in [-0.25, -0.2) is 9.97 Å². The third-order valence-corrected chi connectivity index (χ3v) is 4.31. The number of hydrogen-bond acceptors (Lipinski definition) is 4. The number of carbonyl (C=O) groups is 1. The maximum Gasteiger partial charge on any atom is 0.238 e. The zero-order valence-electron chi connectivity index (χ0n) is 14.7. The molecule has 0 saturated heterocycles. The molecule has 0 atom stereocenters. The standard InChI is InChI=1S/C23H15ClN2O2/c24-18-9-12-20-21(14-18)25-15-23(26-20)28-19-10-7-17(8-11-19)22(27)13-6-16-4-2-1-3-5-16/h1-15H/b13-6+. The van der Waals surface area contributed by atoms with Crippen LogP contribution in [-0.4, -0.2) is 15.8 Å². The maximum absolute atomic E-state index is 12.3. The van der Waals surface area contributed by atoms with E-state index in [2.05, 4.69) is 9.97 Å². The van der Waals surface area contributed by atoms with Crippen molar-refractivity contribution in [1.29, 1.82) is 0 Å². The summed E-state index contributed by atoms with van der Waals surface area (Å²) < 4.78 is 5.74. The Labute approximate surface area is 167 Å². The number of aromatic nitrogens is 2. The number of allylic oxidation sites excluding steroid dienone is 1. The highest BCUT2D eigenvalue weighted by molar-refractivity contribution is 6.31. The van der Waals surface area contributed by atoms with Crippen molar-refractivity contribution in [2.24, 2.45) is 0 Å². The molecule has 4 nitrogen and oxygen atoms in total. The predicted octanol–water partition coefficient (Wildman–Crippen LogP) is 5.97. The Morgan fingerprint density at radius 1 is 0.929 bits per heavy atom. The first-order valence-corrected chi connectivity index (χ1v) is 9.03. The molecule has 0 amide bonds. The third-order valence-electron chi connectivity index (χ3n) is 4.07. The second kappa shape index (κ2) is 8.03. The van der Waals surface area contributed by atoms with E-state index < -0.39 is 0 Å². The number of rotatable bonds is 5. The third kappa shape index (κ3) is 4.24. The molecule has 1 aromatic heterocycles. The van der Waals surface area contributed by atoms with E-state index in [1.807, 2.05) is 30.3 Å². The van der Waals surface area contributed by atoms with Gasteiger partial charge in [-0.2, -0.15) is 0 Å². The van der Waals surface area contributed by atoms with E-state index in [0.29, 0.717) is 33.2 Å². The van der Waals surface area contributed by atoms with E-state index in [-0.39, 0.29) is 5.78 Å². The van der Waals surface area contributed by atoms with Crippen LogP contribution in [0.3, 0.4) is 0 Å². The summed E-state index contributed by atoms with van der Waals surface area (Å²) in [6, 6.07) is 21.9. The van der Waals surface area contributed by atoms with Gasteiger partial charge in [0.05, 0.1) is 17.2 Å². The molecule has 3 aromatic carbocycles. The summed E-state index contributed by atoms with van der Waals surface area (Å²) in [6.07, 6.45) is 4.90. The molecule has 0 aliphatic heterocycles. The van der Waals surface area contributed by atoms with Crippen molar-refractivity contribution in [2.75, 3.05) is 0 Å². The highest BCUT2D eigenvalue weighted by atomic mass is 35.5. The van der Waals surface area contributed by atoms with E-state index in [9.17, 15) is 4.79 Å². The Morgan fingerprint density at radius 2 is 1.71 bits per heavy atom. The molecule has 0 saturated carbocycles. The van der Waals surface area contributed by atoms with Gasteiger partial charge >= 0.3 is 0 Å². The minimum absolute atomic E-state index is 0.0715. The lowest BCUT2D eigenvalue weighted by molar-refractivity contribution is 0.104. The Morgan fingerprint density at radius 3 is 2.50 bits per heavy atom. The SMILES string of the molecule is O=C(/C=C/c1ccccc1)c1ccc(Oc2cnc3cc(Cl)ccc3n2)cc1. The molecular weight excluding hydrogens is 372 g/mol. The number of nitrogens with zero attached hydrogens (tertiary/aromatic N) is 2. The number of hydrogen-bond donors (Lipinski definition) is 0. The number of ether oxygens (including phenoxy) is 1. The summed E-state index contributed by atoms with van der Waals surface area (Å²) in [4.78, 5) is 21.0. The summed E-state index contributed by atoms with van der Waals surface area (Å²) in [6.45, 7) is 0. The van der Waals surface area contributed by atoms with Crippen LogP contribution in [0.25, 0.3) is 17.1 Å². The van der Waals surface area contributed by atoms with Crippen molar-refractivity contribution in [1.82, 2.24) is 9.97 Å². The zero-order valence-corrected chi connectivity index (χ0v) is 15.5. The van der Waals surface area contributed by atoms with E-state index in [4.69, 9.17) is 16.3 Å². The molecule has 0 unspecified atom stereocenters. The quantitative estimate of drug-likeness (QED) is 0.313. The topological polar surface area (TPSA) is 52.1 Å². The number of carbonyl (C=O) groups excluding carboxylic acids is 1. The van der Waals surface area contributed by atoms with Crippen molar-refractivity contribution in [3.63, 3.8) is 0 Å². The lowest BCUT2D eigenvalue weighted by atomic mass is 10.1. The highest BCUT2D eigenvalue weighted by Gasteiger charge is 2.05. The highest BCUT2D eigenvalue weighted by Crippen LogP contribution is 2.23. The molecule has 4 rings (SSSR count). The normalized spacial score (nSPS) is 11.0. The van der Waals surface area contributed by atoms with Crippen molar-refractivity contribution >= 4 is 34.5 Å². The van der Waals surface area contributed by atoms with Gasteiger partial charge in [0.25, 0.3) is 0 Å². The van der Waals surface area contributed by atoms with Gasteiger partial charge in [0.1, 0.15) is 5.75 Å². The molecule has 0 aliphatic carbocycles. The smallest absolute Gasteiger partial charge is 0.238 e. The lowest BCUT2D eigenvalue weighted by Gasteiger charge is -2.06. The Bertz CT molecular complexity index is 1160. The van der Waals surface area contributed by atoms with Gasteiger partial charge in [-0.15, -0.1) is 0 Å². The summed E-state index contributed by atoms with van der Waals surface area (Å²) in [5, 5.41) is 0.608. The molecule has 0 fully saturated rings. The van der Waals surface area contributed by atoms with Crippen LogP contribution in [0, 0.1) is 0 Å². The molecule has 136 valence electrons. The first kappa shape index (κ1) is 17.9. The van der Waals surface area contributed by atoms with Gasteiger partial charge < -0.3 is 4.74 Å². The first-order valence-electron chi connectivity index (χ1n) is 8.65. The molecule has 0 bridgehead atoms. The minimum Gasteiger partial charge on any atom is -0.437 e. The fourth-order valence-electron chi connectivity index (χ4n) is 2.66. The van der Waals surface area contributed by atoms with Crippen LogP contribution >= 0.6 is 11.6 Å². The first-order chi connectivity index (χ1) is 13.7. The van der Waals surface area contributed by atoms with Gasteiger partial charge in [0.15, 0.2) is 5.78 Å². The van der Waals surface area contributed by atoms with Gasteiger partial charge in [0.2, 0.25) is 5.88 Å². The molecular formula is C23H15ClN2O2. The summed E-state index contributed by atoms with van der Waals surface area (Å²) >= 11 is 5.95. The van der Waals surface area contributed by atoms with E-state index in [1.54, 1.807) is 60.8 Å². The molecule has 4 aromatic rings. The van der Waals surface area contributed by atoms with Crippen molar-refractivity contribution in [2.45, 2.75) is 0 Å². The Balaban J connectivity index is 1.46. The van der Waals surface area contributed by atoms with Crippen LogP contribution in [-0.2, 0) is 0 Å². The molecule has 0 aliphatic rings. The minimum atomic E-state index is -0.0715. The Hall–Kier alpha value is -3.50. The Kier molecular flexibility index (Phi) is 5.13. The molecule has 5 heteroatoms. The van der Waals surface area contributed by atoms with Gasteiger partial charge in [-0.1, -0.05) is 48.0 Å². The number of halogens is 1. The van der Waals surface area contributed by atoms with Crippen molar-refractivity contribution < 1.29 is 9.53 Å². The number of ketones is 1. The maximum atomic E-state index is 12.3. The summed E-state index contributed by atoms with van der Waals surface area (Å²) in [5.74, 6) is 0.877. The second-order valence-electron chi connectivity index (χ2n) is 6.08. The molecule has 28 heavy (non-hydrogen) atoms. The summed E-state index contributed by atoms with van der Waals surface area (Å²) in [7, 11) is 0. The van der Waals surface area contributed by atoms with Gasteiger partial charge in [-0.3, -0.25) is 4.79 Å². The van der Waals surface area contributed by atoms with Crippen molar-refractivity contribution in [3.05, 3.63) is 101 Å². The number of benzene rings is 3. The molecule has 1 heterocycles. The van der Waals surface area contributed by atoms with Crippen LogP contribution in [0.5, 0.6) is 11.6 Å². The molecule has 0 radical (unpaired) electrons. The van der Waals surface area contributed by atoms with Crippen LogP contribution in [0.15, 0.2) is 85.1 Å². The van der Waals surface area contributed by atoms with Gasteiger partial charge in [0, 0.05) is 10.6 Å². The molecule has 0 spiro atoms. The van der Waals surface area contributed by atoms with E-state index >= 15 is 0 Å². The number of fused-ring (bicyclic) bond motifs is 1. The average Bonchev–Trinajstić information content (AvgIpc) is 2.73. The fourth-order valence-corrected chi connectivity index (χ4v) is 2.82. The predicted molar refractivity (Wildman–Crippen MR) is 111 cm³/mol. The average molecular weight is 387 g/mol. The second-order valence-corrected chi connectivity index (χ2v) is 6.51. The van der Waals surface area contributed by atoms with Gasteiger partial charge in [-0.05, 0) is 54.1 Å². The summed E-state index contributed by atoms with van der Waals surface area (Å²) in [5.41, 5.74) is 2.96. The van der Waals surface area contributed by atoms with Crippen molar-refractivity contribution in [3.8, 4) is 11.6 Å². The van der Waals surface area contributed by atoms with Crippen LogP contribution in [0.1, 0.15) is 15.9 Å². The van der Waals surface area contributed by atoms with E-state index in [1.165, 1.54) is 0 Å². The van der Waals surface area contributed by atoms with E-state index in [0.717, 1.165) is 5.56 Å². The van der Waals surface area contributed by atoms with Crippen LogP contribution in [0.2, 0.25) is 5.02 Å².